The van der Waals surface area contributed by atoms with Crippen molar-refractivity contribution in [1.29, 1.82) is 0 Å². The van der Waals surface area contributed by atoms with Crippen LogP contribution in [0.5, 0.6) is 0 Å². The molecule has 0 unspecified atom stereocenters. The molecule has 0 radical (unpaired) electrons. The molecule has 0 saturated heterocycles. The SMILES string of the molecule is CCCCCCCCCCCC/C=C/C(=O)N[C@@H](C)CC. The maximum atomic E-state index is 11.5. The number of hydrogen-bond acceptors (Lipinski definition) is 1. The predicted octanol–water partition coefficient (Wildman–Crippen LogP) is 5.77. The van der Waals surface area contributed by atoms with Crippen LogP contribution < -0.4 is 5.32 Å². The Bertz CT molecular complexity index is 260. The molecule has 1 amide bonds. The Morgan fingerprint density at radius 1 is 0.905 bits per heavy atom. The van der Waals surface area contributed by atoms with Gasteiger partial charge in [0, 0.05) is 6.04 Å². The molecule has 1 atom stereocenters. The van der Waals surface area contributed by atoms with Crippen molar-refractivity contribution in [1.82, 2.24) is 5.32 Å². The Morgan fingerprint density at radius 3 is 1.95 bits per heavy atom. The van der Waals surface area contributed by atoms with Gasteiger partial charge in [-0.05, 0) is 32.3 Å². The van der Waals surface area contributed by atoms with E-state index in [-0.39, 0.29) is 11.9 Å². The topological polar surface area (TPSA) is 29.1 Å². The van der Waals surface area contributed by atoms with Gasteiger partial charge in [0.05, 0.1) is 0 Å². The minimum atomic E-state index is 0.0522. The van der Waals surface area contributed by atoms with E-state index in [1.807, 2.05) is 13.0 Å². The number of allylic oxidation sites excluding steroid dienone is 1. The summed E-state index contributed by atoms with van der Waals surface area (Å²) in [6, 6.07) is 0.277. The second kappa shape index (κ2) is 15.6. The van der Waals surface area contributed by atoms with Crippen molar-refractivity contribution in [2.45, 2.75) is 104 Å². The summed E-state index contributed by atoms with van der Waals surface area (Å²) in [5.74, 6) is 0.0522. The zero-order valence-corrected chi connectivity index (χ0v) is 14.6. The van der Waals surface area contributed by atoms with Gasteiger partial charge in [-0.2, -0.15) is 0 Å². The van der Waals surface area contributed by atoms with Crippen LogP contribution in [0.4, 0.5) is 0 Å². The van der Waals surface area contributed by atoms with Gasteiger partial charge in [-0.3, -0.25) is 4.79 Å². The summed E-state index contributed by atoms with van der Waals surface area (Å²) < 4.78 is 0. The van der Waals surface area contributed by atoms with Crippen molar-refractivity contribution in [3.63, 3.8) is 0 Å². The fraction of sp³-hybridized carbons (Fsp3) is 0.842. The molecule has 21 heavy (non-hydrogen) atoms. The average molecular weight is 296 g/mol. The molecule has 124 valence electrons. The second-order valence-electron chi connectivity index (χ2n) is 6.19. The molecule has 0 aliphatic rings. The van der Waals surface area contributed by atoms with Crippen molar-refractivity contribution in [2.75, 3.05) is 0 Å². The fourth-order valence-corrected chi connectivity index (χ4v) is 2.33. The molecule has 0 heterocycles. The maximum Gasteiger partial charge on any atom is 0.243 e. The molecule has 0 fully saturated rings. The normalized spacial score (nSPS) is 12.7. The van der Waals surface area contributed by atoms with Crippen molar-refractivity contribution >= 4 is 5.91 Å². The van der Waals surface area contributed by atoms with Crippen LogP contribution in [0.2, 0.25) is 0 Å². The maximum absolute atomic E-state index is 11.5. The quantitative estimate of drug-likeness (QED) is 0.320. The van der Waals surface area contributed by atoms with Gasteiger partial charge in [-0.15, -0.1) is 0 Å². The van der Waals surface area contributed by atoms with Crippen LogP contribution in [-0.4, -0.2) is 11.9 Å². The molecular formula is C19H37NO. The Kier molecular flexibility index (Phi) is 15.0. The van der Waals surface area contributed by atoms with Gasteiger partial charge in [0.2, 0.25) is 5.91 Å². The highest BCUT2D eigenvalue weighted by atomic mass is 16.1. The van der Waals surface area contributed by atoms with E-state index in [1.165, 1.54) is 64.2 Å². The van der Waals surface area contributed by atoms with Gasteiger partial charge in [0.25, 0.3) is 0 Å². The minimum absolute atomic E-state index is 0.0522. The first kappa shape index (κ1) is 20.2. The summed E-state index contributed by atoms with van der Waals surface area (Å²) in [6.45, 7) is 6.38. The van der Waals surface area contributed by atoms with Crippen LogP contribution in [0.15, 0.2) is 12.2 Å². The van der Waals surface area contributed by atoms with E-state index < -0.39 is 0 Å². The first-order valence-corrected chi connectivity index (χ1v) is 9.17. The largest absolute Gasteiger partial charge is 0.350 e. The van der Waals surface area contributed by atoms with E-state index in [1.54, 1.807) is 6.08 Å². The van der Waals surface area contributed by atoms with Gasteiger partial charge in [0.15, 0.2) is 0 Å². The highest BCUT2D eigenvalue weighted by molar-refractivity contribution is 5.87. The Morgan fingerprint density at radius 2 is 1.43 bits per heavy atom. The lowest BCUT2D eigenvalue weighted by atomic mass is 10.1. The first-order chi connectivity index (χ1) is 10.2. The van der Waals surface area contributed by atoms with E-state index >= 15 is 0 Å². The molecule has 0 aliphatic heterocycles. The number of hydrogen-bond donors (Lipinski definition) is 1. The van der Waals surface area contributed by atoms with E-state index in [9.17, 15) is 4.79 Å². The molecule has 0 aromatic heterocycles. The molecule has 1 N–H and O–H groups in total. The third-order valence-corrected chi connectivity index (χ3v) is 3.99. The van der Waals surface area contributed by atoms with Crippen molar-refractivity contribution in [3.8, 4) is 0 Å². The second-order valence-corrected chi connectivity index (χ2v) is 6.19. The van der Waals surface area contributed by atoms with E-state index in [0.29, 0.717) is 0 Å². The molecular weight excluding hydrogens is 258 g/mol. The zero-order chi connectivity index (χ0) is 15.8. The molecule has 0 rings (SSSR count). The summed E-state index contributed by atoms with van der Waals surface area (Å²) in [6.07, 6.45) is 19.3. The summed E-state index contributed by atoms with van der Waals surface area (Å²) in [7, 11) is 0. The van der Waals surface area contributed by atoms with Crippen molar-refractivity contribution in [3.05, 3.63) is 12.2 Å². The fourth-order valence-electron chi connectivity index (χ4n) is 2.33. The van der Waals surface area contributed by atoms with E-state index in [0.717, 1.165) is 12.8 Å². The molecule has 2 heteroatoms. The van der Waals surface area contributed by atoms with Crippen LogP contribution in [-0.2, 0) is 4.79 Å². The smallest absolute Gasteiger partial charge is 0.243 e. The first-order valence-electron chi connectivity index (χ1n) is 9.17. The molecule has 0 bridgehead atoms. The van der Waals surface area contributed by atoms with Gasteiger partial charge in [-0.25, -0.2) is 0 Å². The van der Waals surface area contributed by atoms with Crippen LogP contribution in [0.1, 0.15) is 97.8 Å². The molecule has 0 aromatic carbocycles. The highest BCUT2D eigenvalue weighted by Gasteiger charge is 2.00. The number of rotatable bonds is 14. The number of carbonyl (C=O) groups excluding carboxylic acids is 1. The lowest BCUT2D eigenvalue weighted by Crippen LogP contribution is -2.30. The third kappa shape index (κ3) is 15.4. The zero-order valence-electron chi connectivity index (χ0n) is 14.6. The summed E-state index contributed by atoms with van der Waals surface area (Å²) in [5.41, 5.74) is 0. The molecule has 0 aliphatic carbocycles. The van der Waals surface area contributed by atoms with Gasteiger partial charge in [0.1, 0.15) is 0 Å². The standard InChI is InChI=1S/C19H37NO/c1-4-6-7-8-9-10-11-12-13-14-15-16-17-19(21)20-18(3)5-2/h16-18H,4-15H2,1-3H3,(H,20,21)/b17-16+/t18-/m0/s1. The van der Waals surface area contributed by atoms with Crippen LogP contribution in [0.25, 0.3) is 0 Å². The molecule has 2 nitrogen and oxygen atoms in total. The predicted molar refractivity (Wildman–Crippen MR) is 93.5 cm³/mol. The third-order valence-electron chi connectivity index (χ3n) is 3.99. The summed E-state index contributed by atoms with van der Waals surface area (Å²) >= 11 is 0. The monoisotopic (exact) mass is 295 g/mol. The number of nitrogens with one attached hydrogen (secondary N) is 1. The number of unbranched alkanes of at least 4 members (excludes halogenated alkanes) is 10. The average Bonchev–Trinajstić information content (AvgIpc) is 2.48. The Hall–Kier alpha value is -0.790. The number of amides is 1. The van der Waals surface area contributed by atoms with E-state index in [2.05, 4.69) is 19.2 Å². The summed E-state index contributed by atoms with van der Waals surface area (Å²) in [5, 5.41) is 2.94. The number of carbonyl (C=O) groups is 1. The van der Waals surface area contributed by atoms with E-state index in [4.69, 9.17) is 0 Å². The van der Waals surface area contributed by atoms with Crippen molar-refractivity contribution in [2.24, 2.45) is 0 Å². The van der Waals surface area contributed by atoms with Crippen molar-refractivity contribution < 1.29 is 4.79 Å². The Balaban J connectivity index is 3.26. The highest BCUT2D eigenvalue weighted by Crippen LogP contribution is 2.11. The van der Waals surface area contributed by atoms with Crippen LogP contribution in [0.3, 0.4) is 0 Å². The lowest BCUT2D eigenvalue weighted by Gasteiger charge is -2.08. The molecule has 0 saturated carbocycles. The van der Waals surface area contributed by atoms with Gasteiger partial charge < -0.3 is 5.32 Å². The molecule has 0 spiro atoms. The molecule has 0 aromatic rings. The minimum Gasteiger partial charge on any atom is -0.350 e. The van der Waals surface area contributed by atoms with Crippen LogP contribution >= 0.6 is 0 Å². The lowest BCUT2D eigenvalue weighted by molar-refractivity contribution is -0.117. The van der Waals surface area contributed by atoms with Gasteiger partial charge in [-0.1, -0.05) is 77.7 Å². The summed E-state index contributed by atoms with van der Waals surface area (Å²) in [4.78, 5) is 11.5. The van der Waals surface area contributed by atoms with Gasteiger partial charge >= 0.3 is 0 Å². The Labute approximate surface area is 132 Å². The van der Waals surface area contributed by atoms with Crippen LogP contribution in [0, 0.1) is 0 Å².